The van der Waals surface area contributed by atoms with Crippen LogP contribution in [0.5, 0.6) is 0 Å². The number of aliphatic carboxylic acids is 3. The maximum absolute atomic E-state index is 11.4. The van der Waals surface area contributed by atoms with E-state index in [-0.39, 0.29) is 0 Å². The van der Waals surface area contributed by atoms with Crippen LogP contribution in [-0.2, 0) is 14.4 Å². The van der Waals surface area contributed by atoms with Crippen molar-refractivity contribution in [2.75, 3.05) is 26.2 Å². The molecule has 0 aromatic rings. The maximum atomic E-state index is 11.4. The van der Waals surface area contributed by atoms with E-state index in [4.69, 9.17) is 0 Å². The van der Waals surface area contributed by atoms with Crippen molar-refractivity contribution in [2.24, 2.45) is 17.8 Å². The minimum atomic E-state index is -1.08. The van der Waals surface area contributed by atoms with Crippen molar-refractivity contribution >= 4 is 17.9 Å². The van der Waals surface area contributed by atoms with Crippen LogP contribution in [0.4, 0.5) is 0 Å². The standard InChI is InChI=1S/C31H57NO6/c1-5-6-7-8-9-10-11-12-13-14-15-16-17-18-22-32(23-19-26(2)29(33)34,24-20-27(3)30(35)36)25-21-28(4)31(37)38/h10-11,26-28H,5-9,12-25H2,1-4H3,(H2-,33,34,35,36,37,38)/b11-10+. The zero-order chi connectivity index (χ0) is 28.8. The number of allylic oxidation sites excluding steroid dienone is 2. The highest BCUT2D eigenvalue weighted by molar-refractivity contribution is 5.69. The molecule has 3 unspecified atom stereocenters. The zero-order valence-electron chi connectivity index (χ0n) is 24.8. The van der Waals surface area contributed by atoms with Crippen molar-refractivity contribution in [3.63, 3.8) is 0 Å². The van der Waals surface area contributed by atoms with Crippen molar-refractivity contribution in [3.8, 4) is 0 Å². The van der Waals surface area contributed by atoms with Gasteiger partial charge in [0.1, 0.15) is 0 Å². The molecule has 0 aliphatic carbocycles. The molecule has 0 rings (SSSR count). The Balaban J connectivity index is 4.81. The highest BCUT2D eigenvalue weighted by Crippen LogP contribution is 2.21. The lowest BCUT2D eigenvalue weighted by Gasteiger charge is -2.41. The Morgan fingerprint density at radius 1 is 0.632 bits per heavy atom. The molecule has 7 nitrogen and oxygen atoms in total. The van der Waals surface area contributed by atoms with Crippen LogP contribution in [0.25, 0.3) is 0 Å². The van der Waals surface area contributed by atoms with Crippen LogP contribution in [0.3, 0.4) is 0 Å². The molecule has 3 atom stereocenters. The van der Waals surface area contributed by atoms with Gasteiger partial charge in [-0.05, 0) is 38.5 Å². The van der Waals surface area contributed by atoms with Gasteiger partial charge in [0.2, 0.25) is 0 Å². The molecule has 0 aromatic carbocycles. The molecule has 0 fully saturated rings. The van der Waals surface area contributed by atoms with E-state index in [1.165, 1.54) is 51.4 Å². The Morgan fingerprint density at radius 2 is 1.03 bits per heavy atom. The van der Waals surface area contributed by atoms with E-state index in [0.29, 0.717) is 43.4 Å². The first-order valence-electron chi connectivity index (χ1n) is 15.2. The van der Waals surface area contributed by atoms with Gasteiger partial charge in [0.15, 0.2) is 0 Å². The zero-order valence-corrected chi connectivity index (χ0v) is 24.8. The number of carboxylic acids is 3. The molecule has 0 aliphatic rings. The first-order valence-corrected chi connectivity index (χ1v) is 15.2. The van der Waals surface area contributed by atoms with Gasteiger partial charge in [-0.2, -0.15) is 0 Å². The number of hydrogen-bond acceptors (Lipinski definition) is 4. The summed E-state index contributed by atoms with van der Waals surface area (Å²) >= 11 is 0. The molecule has 0 saturated heterocycles. The van der Waals surface area contributed by atoms with Gasteiger partial charge in [0.25, 0.3) is 0 Å². The van der Waals surface area contributed by atoms with E-state index in [1.807, 2.05) is 0 Å². The quantitative estimate of drug-likeness (QED) is 0.0784. The van der Waals surface area contributed by atoms with Crippen molar-refractivity contribution in [1.82, 2.24) is 0 Å². The third-order valence-electron chi connectivity index (χ3n) is 8.00. The highest BCUT2D eigenvalue weighted by Gasteiger charge is 2.30. The average molecular weight is 540 g/mol. The van der Waals surface area contributed by atoms with Crippen molar-refractivity contribution < 1.29 is 34.2 Å². The van der Waals surface area contributed by atoms with Crippen LogP contribution >= 0.6 is 0 Å². The van der Waals surface area contributed by atoms with Crippen LogP contribution < -0.4 is 5.11 Å². The molecule has 0 aromatic heterocycles. The Bertz CT molecular complexity index is 617. The summed E-state index contributed by atoms with van der Waals surface area (Å²) in [7, 11) is 0. The second kappa shape index (κ2) is 22.0. The van der Waals surface area contributed by atoms with Gasteiger partial charge in [-0.3, -0.25) is 9.59 Å². The predicted molar refractivity (Wildman–Crippen MR) is 152 cm³/mol. The number of nitrogens with zero attached hydrogens (tertiary/aromatic N) is 1. The summed E-state index contributed by atoms with van der Waals surface area (Å²) in [6, 6.07) is 0. The molecule has 7 heteroatoms. The molecule has 0 heterocycles. The number of hydrogen-bond donors (Lipinski definition) is 2. The fraction of sp³-hybridized carbons (Fsp3) is 0.839. The Morgan fingerprint density at radius 3 is 1.45 bits per heavy atom. The van der Waals surface area contributed by atoms with E-state index in [2.05, 4.69) is 19.1 Å². The Kier molecular flexibility index (Phi) is 20.9. The molecular weight excluding hydrogens is 482 g/mol. The van der Waals surface area contributed by atoms with E-state index in [0.717, 1.165) is 32.2 Å². The minimum absolute atomic E-state index is 0.442. The van der Waals surface area contributed by atoms with Crippen molar-refractivity contribution in [3.05, 3.63) is 12.2 Å². The molecular formula is C31H57NO6. The third kappa shape index (κ3) is 18.4. The van der Waals surface area contributed by atoms with E-state index in [1.54, 1.807) is 20.8 Å². The molecule has 0 amide bonds. The van der Waals surface area contributed by atoms with E-state index < -0.39 is 35.7 Å². The smallest absolute Gasteiger partial charge is 0.306 e. The molecule has 38 heavy (non-hydrogen) atoms. The lowest BCUT2D eigenvalue weighted by Crippen LogP contribution is -2.52. The number of unbranched alkanes of at least 4 members (excludes halogenated alkanes) is 10. The summed E-state index contributed by atoms with van der Waals surface area (Å²) in [5.41, 5.74) is 0. The van der Waals surface area contributed by atoms with Crippen LogP contribution in [0, 0.1) is 17.8 Å². The van der Waals surface area contributed by atoms with Gasteiger partial charge in [-0.1, -0.05) is 78.4 Å². The molecule has 222 valence electrons. The average Bonchev–Trinajstić information content (AvgIpc) is 2.88. The maximum Gasteiger partial charge on any atom is 0.306 e. The first kappa shape index (κ1) is 36.1. The number of carbonyl (C=O) groups excluding carboxylic acids is 1. The Labute approximate surface area is 232 Å². The third-order valence-corrected chi connectivity index (χ3v) is 8.00. The topological polar surface area (TPSA) is 115 Å². The molecule has 2 N–H and O–H groups in total. The molecule has 0 radical (unpaired) electrons. The fourth-order valence-electron chi connectivity index (χ4n) is 4.78. The SMILES string of the molecule is CCCCCC/C=C/CCCCCCCC[N+](CCC(C)C(=O)[O-])(CCC(C)C(=O)O)CCC(C)C(=O)O. The van der Waals surface area contributed by atoms with Gasteiger partial charge in [0, 0.05) is 31.1 Å². The van der Waals surface area contributed by atoms with Gasteiger partial charge < -0.3 is 24.6 Å². The van der Waals surface area contributed by atoms with Crippen LogP contribution in [0.1, 0.15) is 124 Å². The molecule has 0 spiro atoms. The summed E-state index contributed by atoms with van der Waals surface area (Å²) in [6.07, 6.45) is 20.4. The van der Waals surface area contributed by atoms with Crippen molar-refractivity contribution in [2.45, 2.75) is 124 Å². The normalized spacial score (nSPS) is 15.7. The minimum Gasteiger partial charge on any atom is -0.550 e. The van der Waals surface area contributed by atoms with Crippen molar-refractivity contribution in [1.29, 1.82) is 0 Å². The lowest BCUT2D eigenvalue weighted by atomic mass is 10.0. The lowest BCUT2D eigenvalue weighted by molar-refractivity contribution is -0.929. The monoisotopic (exact) mass is 539 g/mol. The molecule has 0 bridgehead atoms. The first-order chi connectivity index (χ1) is 18.0. The summed E-state index contributed by atoms with van der Waals surface area (Å²) < 4.78 is 0.579. The second-order valence-corrected chi connectivity index (χ2v) is 11.5. The number of quaternary nitrogens is 1. The van der Waals surface area contributed by atoms with Crippen LogP contribution in [-0.4, -0.2) is 58.8 Å². The van der Waals surface area contributed by atoms with E-state index in [9.17, 15) is 29.7 Å². The summed E-state index contributed by atoms with van der Waals surface area (Å²) in [6.45, 7) is 9.92. The Hall–Kier alpha value is -1.89. The second-order valence-electron chi connectivity index (χ2n) is 11.5. The number of carbonyl (C=O) groups is 3. The van der Waals surface area contributed by atoms with Gasteiger partial charge >= 0.3 is 11.9 Å². The van der Waals surface area contributed by atoms with Crippen LogP contribution in [0.2, 0.25) is 0 Å². The summed E-state index contributed by atoms with van der Waals surface area (Å²) in [4.78, 5) is 34.2. The van der Waals surface area contributed by atoms with Crippen LogP contribution in [0.15, 0.2) is 12.2 Å². The van der Waals surface area contributed by atoms with E-state index >= 15 is 0 Å². The summed E-state index contributed by atoms with van der Waals surface area (Å²) in [5, 5.41) is 30.1. The van der Waals surface area contributed by atoms with Gasteiger partial charge in [-0.25, -0.2) is 0 Å². The van der Waals surface area contributed by atoms with Gasteiger partial charge in [-0.15, -0.1) is 0 Å². The molecule has 0 aliphatic heterocycles. The largest absolute Gasteiger partial charge is 0.550 e. The highest BCUT2D eigenvalue weighted by atomic mass is 16.4. The molecule has 0 saturated carbocycles. The summed E-state index contributed by atoms with van der Waals surface area (Å²) in [5.74, 6) is -4.33. The fourth-order valence-corrected chi connectivity index (χ4v) is 4.78. The van der Waals surface area contributed by atoms with Gasteiger partial charge in [0.05, 0.1) is 38.0 Å². The number of rotatable bonds is 26. The number of carboxylic acid groups (broad SMARTS) is 3. The predicted octanol–water partition coefficient (Wildman–Crippen LogP) is 6.06.